The van der Waals surface area contributed by atoms with Gasteiger partial charge in [-0.3, -0.25) is 5.32 Å². The molecule has 1 aromatic heterocycles. The number of alkyl halides is 3. The van der Waals surface area contributed by atoms with E-state index < -0.39 is 12.3 Å². The Hall–Kier alpha value is -1.79. The fourth-order valence-corrected chi connectivity index (χ4v) is 0.884. The second kappa shape index (κ2) is 4.16. The van der Waals surface area contributed by atoms with Gasteiger partial charge in [0.25, 0.3) is 0 Å². The van der Waals surface area contributed by atoms with E-state index in [1.807, 2.05) is 5.32 Å². The molecule has 0 unspecified atom stereocenters. The van der Waals surface area contributed by atoms with Crippen LogP contribution in [0.15, 0.2) is 18.3 Å². The molecule has 0 atom stereocenters. The van der Waals surface area contributed by atoms with Crippen LogP contribution in [0.5, 0.6) is 0 Å². The third-order valence-corrected chi connectivity index (χ3v) is 1.50. The summed E-state index contributed by atoms with van der Waals surface area (Å²) in [6.07, 6.45) is -3.37. The lowest BCUT2D eigenvalue weighted by molar-refractivity contribution is -0.144. The maximum absolute atomic E-state index is 11.7. The molecule has 0 saturated carbocycles. The number of rotatable bonds is 1. The van der Waals surface area contributed by atoms with E-state index in [4.69, 9.17) is 0 Å². The maximum atomic E-state index is 11.7. The number of amides is 2. The summed E-state index contributed by atoms with van der Waals surface area (Å²) >= 11 is 0. The minimum absolute atomic E-state index is 0.0965. The first kappa shape index (κ1) is 11.3. The predicted molar refractivity (Wildman–Crippen MR) is 47.2 cm³/mol. The van der Waals surface area contributed by atoms with Crippen molar-refractivity contribution in [1.82, 2.24) is 10.3 Å². The van der Waals surface area contributed by atoms with Crippen LogP contribution < -0.4 is 10.6 Å². The molecule has 1 heterocycles. The van der Waals surface area contributed by atoms with Crippen LogP contribution in [-0.2, 0) is 0 Å². The van der Waals surface area contributed by atoms with Gasteiger partial charge in [0.05, 0.1) is 0 Å². The number of nitrogens with one attached hydrogen (secondary N) is 2. The van der Waals surface area contributed by atoms with E-state index in [2.05, 4.69) is 4.98 Å². The number of nitrogens with zero attached hydrogens (tertiary/aromatic N) is 1. The molecule has 0 aliphatic carbocycles. The summed E-state index contributed by atoms with van der Waals surface area (Å²) in [7, 11) is 0. The number of hydrogen-bond donors (Lipinski definition) is 2. The van der Waals surface area contributed by atoms with Crippen molar-refractivity contribution >= 4 is 11.8 Å². The van der Waals surface area contributed by atoms with Crippen molar-refractivity contribution in [2.75, 3.05) is 5.32 Å². The first-order valence-electron chi connectivity index (χ1n) is 3.96. The van der Waals surface area contributed by atoms with Crippen molar-refractivity contribution in [2.45, 2.75) is 13.2 Å². The van der Waals surface area contributed by atoms with Gasteiger partial charge in [0, 0.05) is 6.20 Å². The summed E-state index contributed by atoms with van der Waals surface area (Å²) < 4.78 is 35.2. The smallest absolute Gasteiger partial charge is 0.292 e. The van der Waals surface area contributed by atoms with Gasteiger partial charge in [-0.25, -0.2) is 15.1 Å². The van der Waals surface area contributed by atoms with Crippen LogP contribution in [0.4, 0.5) is 23.8 Å². The van der Waals surface area contributed by atoms with Crippen LogP contribution in [0.25, 0.3) is 0 Å². The number of pyridine rings is 1. The quantitative estimate of drug-likeness (QED) is 0.710. The summed E-state index contributed by atoms with van der Waals surface area (Å²) in [5.74, 6) is 0.0965. The molecule has 0 bridgehead atoms. The zero-order valence-electron chi connectivity index (χ0n) is 7.72. The highest BCUT2D eigenvalue weighted by atomic mass is 19.4. The molecule has 1 aromatic rings. The van der Waals surface area contributed by atoms with Crippen molar-refractivity contribution in [2.24, 2.45) is 0 Å². The number of urea groups is 1. The SMILES string of the molecule is Cc1cccnc1NC(=O)NC(F)(F)F. The molecule has 1 rings (SSSR count). The molecule has 4 nitrogen and oxygen atoms in total. The van der Waals surface area contributed by atoms with Crippen molar-refractivity contribution < 1.29 is 18.0 Å². The van der Waals surface area contributed by atoms with Gasteiger partial charge < -0.3 is 0 Å². The first-order valence-corrected chi connectivity index (χ1v) is 3.96. The van der Waals surface area contributed by atoms with Crippen LogP contribution in [0, 0.1) is 6.92 Å². The molecule has 0 aliphatic heterocycles. The normalized spacial score (nSPS) is 10.9. The monoisotopic (exact) mass is 219 g/mol. The zero-order chi connectivity index (χ0) is 11.5. The van der Waals surface area contributed by atoms with Crippen LogP contribution in [-0.4, -0.2) is 17.3 Å². The third-order valence-electron chi connectivity index (χ3n) is 1.50. The van der Waals surface area contributed by atoms with Crippen LogP contribution >= 0.6 is 0 Å². The number of halogens is 3. The van der Waals surface area contributed by atoms with Gasteiger partial charge in [-0.1, -0.05) is 6.07 Å². The van der Waals surface area contributed by atoms with Crippen LogP contribution in [0.3, 0.4) is 0 Å². The summed E-state index contributed by atoms with van der Waals surface area (Å²) in [6.45, 7) is 1.62. The molecule has 0 aliphatic rings. The van der Waals surface area contributed by atoms with Gasteiger partial charge in [-0.15, -0.1) is 0 Å². The summed E-state index contributed by atoms with van der Waals surface area (Å²) in [5.41, 5.74) is 0.579. The van der Waals surface area contributed by atoms with Gasteiger partial charge in [-0.2, -0.15) is 13.2 Å². The average Bonchev–Trinajstić information content (AvgIpc) is 2.05. The van der Waals surface area contributed by atoms with E-state index in [-0.39, 0.29) is 5.82 Å². The number of anilines is 1. The Morgan fingerprint density at radius 3 is 2.67 bits per heavy atom. The number of carbonyl (C=O) groups excluding carboxylic acids is 1. The maximum Gasteiger partial charge on any atom is 0.485 e. The highest BCUT2D eigenvalue weighted by molar-refractivity contribution is 5.89. The minimum Gasteiger partial charge on any atom is -0.292 e. The second-order valence-electron chi connectivity index (χ2n) is 2.75. The molecule has 0 spiro atoms. The Balaban J connectivity index is 2.64. The van der Waals surface area contributed by atoms with Crippen LogP contribution in [0.1, 0.15) is 5.56 Å². The molecule has 2 amide bonds. The fraction of sp³-hybridized carbons (Fsp3) is 0.250. The van der Waals surface area contributed by atoms with E-state index in [1.54, 1.807) is 19.1 Å². The van der Waals surface area contributed by atoms with Gasteiger partial charge in [0.15, 0.2) is 0 Å². The van der Waals surface area contributed by atoms with Crippen LogP contribution in [0.2, 0.25) is 0 Å². The lowest BCUT2D eigenvalue weighted by atomic mass is 10.3. The van der Waals surface area contributed by atoms with E-state index in [0.29, 0.717) is 5.56 Å². The third kappa shape index (κ3) is 3.84. The molecule has 0 saturated heterocycles. The highest BCUT2D eigenvalue weighted by Gasteiger charge is 2.30. The molecule has 0 radical (unpaired) electrons. The minimum atomic E-state index is -4.74. The van der Waals surface area contributed by atoms with E-state index >= 15 is 0 Å². The van der Waals surface area contributed by atoms with Crippen molar-refractivity contribution in [3.8, 4) is 0 Å². The lowest BCUT2D eigenvalue weighted by Gasteiger charge is -2.10. The van der Waals surface area contributed by atoms with Gasteiger partial charge >= 0.3 is 12.3 Å². The number of aryl methyl sites for hydroxylation is 1. The summed E-state index contributed by atoms with van der Waals surface area (Å²) in [6, 6.07) is 1.88. The molecule has 82 valence electrons. The molecule has 2 N–H and O–H groups in total. The van der Waals surface area contributed by atoms with Crippen molar-refractivity contribution in [1.29, 1.82) is 0 Å². The Morgan fingerprint density at radius 2 is 2.13 bits per heavy atom. The van der Waals surface area contributed by atoms with E-state index in [1.165, 1.54) is 6.20 Å². The molecule has 0 fully saturated rings. The Labute approximate surface area is 83.5 Å². The van der Waals surface area contributed by atoms with E-state index in [9.17, 15) is 18.0 Å². The van der Waals surface area contributed by atoms with Gasteiger partial charge in [0.2, 0.25) is 0 Å². The van der Waals surface area contributed by atoms with Crippen molar-refractivity contribution in [3.05, 3.63) is 23.9 Å². The molecule has 15 heavy (non-hydrogen) atoms. The second-order valence-corrected chi connectivity index (χ2v) is 2.75. The number of hydrogen-bond acceptors (Lipinski definition) is 2. The zero-order valence-corrected chi connectivity index (χ0v) is 7.72. The van der Waals surface area contributed by atoms with Gasteiger partial charge in [-0.05, 0) is 18.6 Å². The molecule has 0 aromatic carbocycles. The van der Waals surface area contributed by atoms with E-state index in [0.717, 1.165) is 5.32 Å². The Bertz CT molecular complexity index is 364. The molecular formula is C8H8F3N3O. The average molecular weight is 219 g/mol. The topological polar surface area (TPSA) is 54.0 Å². The summed E-state index contributed by atoms with van der Waals surface area (Å²) in [5, 5.41) is 2.79. The first-order chi connectivity index (χ1) is 6.88. The fourth-order valence-electron chi connectivity index (χ4n) is 0.884. The number of carbonyl (C=O) groups is 1. The summed E-state index contributed by atoms with van der Waals surface area (Å²) in [4.78, 5) is 14.5. The number of aromatic nitrogens is 1. The molecule has 7 heteroatoms. The molecular weight excluding hydrogens is 211 g/mol. The predicted octanol–water partition coefficient (Wildman–Crippen LogP) is 2.03. The Morgan fingerprint density at radius 1 is 1.47 bits per heavy atom. The van der Waals surface area contributed by atoms with Gasteiger partial charge in [0.1, 0.15) is 5.82 Å². The largest absolute Gasteiger partial charge is 0.485 e. The Kier molecular flexibility index (Phi) is 3.13. The lowest BCUT2D eigenvalue weighted by Crippen LogP contribution is -2.40. The standard InChI is InChI=1S/C8H8F3N3O/c1-5-3-2-4-12-6(5)13-7(15)14-8(9,10)11/h2-4H,1H3,(H2,12,13,14,15). The highest BCUT2D eigenvalue weighted by Crippen LogP contribution is 2.12. The van der Waals surface area contributed by atoms with Crippen molar-refractivity contribution in [3.63, 3.8) is 0 Å².